The van der Waals surface area contributed by atoms with E-state index in [1.54, 1.807) is 23.1 Å². The van der Waals surface area contributed by atoms with Crippen LogP contribution in [-0.4, -0.2) is 21.7 Å². The third-order valence-corrected chi connectivity index (χ3v) is 8.14. The van der Waals surface area contributed by atoms with Gasteiger partial charge >= 0.3 is 0 Å². The molecule has 152 valence electrons. The molecule has 0 aliphatic rings. The number of benzene rings is 3. The molecule has 4 aromatic rings. The lowest BCUT2D eigenvalue weighted by molar-refractivity contribution is 0.102. The summed E-state index contributed by atoms with van der Waals surface area (Å²) in [5.74, 6) is 1.38. The number of Topliss-reactive ketones (excluding diaryl/α,β-unsaturated/α-hetero) is 1. The molecule has 0 fully saturated rings. The van der Waals surface area contributed by atoms with Crippen LogP contribution in [0.1, 0.15) is 32.6 Å². The van der Waals surface area contributed by atoms with Gasteiger partial charge < -0.3 is 0 Å². The van der Waals surface area contributed by atoms with Gasteiger partial charge in [-0.2, -0.15) is 0 Å². The molecule has 0 amide bonds. The molecule has 0 aliphatic heterocycles. The van der Waals surface area contributed by atoms with E-state index in [4.69, 9.17) is 0 Å². The number of hydrogen-bond acceptors (Lipinski definition) is 6. The topological polar surface area (TPSA) is 42.9 Å². The molecule has 3 aromatic carbocycles. The van der Waals surface area contributed by atoms with Crippen molar-refractivity contribution in [2.24, 2.45) is 0 Å². The Labute approximate surface area is 189 Å². The maximum Gasteiger partial charge on any atom is 0.175 e. The molecule has 0 unspecified atom stereocenters. The zero-order chi connectivity index (χ0) is 21.1. The minimum atomic E-state index is 0.148. The van der Waals surface area contributed by atoms with Crippen molar-refractivity contribution in [3.8, 4) is 0 Å². The number of hydrogen-bond donors (Lipinski definition) is 0. The smallest absolute Gasteiger partial charge is 0.175 e. The maximum absolute atomic E-state index is 12.7. The standard InChI is InChI=1S/C24H22N2OS3/c1-15-11-16(2)22(17(3)12-15)21(27)14-29-24-26-25-23(30-24)28-13-19-9-6-8-18-7-4-5-10-20(18)19/h4-12H,13-14H2,1-3H3. The molecule has 6 heteroatoms. The van der Waals surface area contributed by atoms with Crippen LogP contribution in [0.4, 0.5) is 0 Å². The van der Waals surface area contributed by atoms with Gasteiger partial charge in [0, 0.05) is 11.3 Å². The second kappa shape index (κ2) is 9.33. The highest BCUT2D eigenvalue weighted by molar-refractivity contribution is 8.03. The van der Waals surface area contributed by atoms with Crippen LogP contribution in [0, 0.1) is 20.8 Å². The van der Waals surface area contributed by atoms with Gasteiger partial charge in [0.05, 0.1) is 5.75 Å². The molecule has 0 atom stereocenters. The Bertz CT molecular complexity index is 1190. The molecule has 0 N–H and O–H groups in total. The lowest BCUT2D eigenvalue weighted by atomic mass is 9.97. The number of nitrogens with zero attached hydrogens (tertiary/aromatic N) is 2. The Kier molecular flexibility index (Phi) is 6.56. The minimum Gasteiger partial charge on any atom is -0.293 e. The van der Waals surface area contributed by atoms with Crippen molar-refractivity contribution in [2.45, 2.75) is 35.2 Å². The van der Waals surface area contributed by atoms with Gasteiger partial charge in [0.2, 0.25) is 0 Å². The van der Waals surface area contributed by atoms with Crippen LogP contribution in [0.15, 0.2) is 63.3 Å². The highest BCUT2D eigenvalue weighted by Crippen LogP contribution is 2.33. The predicted molar refractivity (Wildman–Crippen MR) is 129 cm³/mol. The van der Waals surface area contributed by atoms with Crippen LogP contribution in [0.25, 0.3) is 10.8 Å². The summed E-state index contributed by atoms with van der Waals surface area (Å²) in [7, 11) is 0. The highest BCUT2D eigenvalue weighted by atomic mass is 32.2. The first-order valence-electron chi connectivity index (χ1n) is 9.68. The molecular formula is C24H22N2OS3. The van der Waals surface area contributed by atoms with E-state index in [0.29, 0.717) is 5.75 Å². The highest BCUT2D eigenvalue weighted by Gasteiger charge is 2.15. The second-order valence-corrected chi connectivity index (χ2v) is 10.7. The van der Waals surface area contributed by atoms with E-state index in [9.17, 15) is 4.79 Å². The number of ketones is 1. The van der Waals surface area contributed by atoms with E-state index in [1.807, 2.05) is 13.8 Å². The normalized spacial score (nSPS) is 11.2. The Hall–Kier alpha value is -2.15. The second-order valence-electron chi connectivity index (χ2n) is 7.25. The lowest BCUT2D eigenvalue weighted by Crippen LogP contribution is -2.07. The van der Waals surface area contributed by atoms with E-state index >= 15 is 0 Å². The Morgan fingerprint density at radius 1 is 0.900 bits per heavy atom. The van der Waals surface area contributed by atoms with Gasteiger partial charge in [-0.1, -0.05) is 95.0 Å². The minimum absolute atomic E-state index is 0.148. The SMILES string of the molecule is Cc1cc(C)c(C(=O)CSc2nnc(SCc3cccc4ccccc34)s2)c(C)c1. The van der Waals surface area contributed by atoms with E-state index in [0.717, 1.165) is 31.1 Å². The first-order chi connectivity index (χ1) is 14.5. The molecular weight excluding hydrogens is 428 g/mol. The third-order valence-electron chi connectivity index (χ3n) is 4.90. The van der Waals surface area contributed by atoms with Gasteiger partial charge in [0.1, 0.15) is 0 Å². The summed E-state index contributed by atoms with van der Waals surface area (Å²) in [6.07, 6.45) is 0. The number of fused-ring (bicyclic) bond motifs is 1. The molecule has 0 radical (unpaired) electrons. The molecule has 3 nitrogen and oxygen atoms in total. The monoisotopic (exact) mass is 450 g/mol. The first kappa shape index (κ1) is 21.1. The fraction of sp³-hybridized carbons (Fsp3) is 0.208. The summed E-state index contributed by atoms with van der Waals surface area (Å²) in [4.78, 5) is 12.7. The Morgan fingerprint density at radius 3 is 2.33 bits per heavy atom. The summed E-state index contributed by atoms with van der Waals surface area (Å²) in [6, 6.07) is 19.0. The predicted octanol–water partition coefficient (Wildman–Crippen LogP) is 6.88. The molecule has 0 aliphatic carbocycles. The van der Waals surface area contributed by atoms with Crippen LogP contribution in [0.5, 0.6) is 0 Å². The van der Waals surface area contributed by atoms with Crippen LogP contribution in [-0.2, 0) is 5.75 Å². The van der Waals surface area contributed by atoms with E-state index in [-0.39, 0.29) is 5.78 Å². The van der Waals surface area contributed by atoms with Gasteiger partial charge in [-0.05, 0) is 48.2 Å². The molecule has 0 spiro atoms. The fourth-order valence-electron chi connectivity index (χ4n) is 3.69. The summed E-state index contributed by atoms with van der Waals surface area (Å²) in [5.41, 5.74) is 5.40. The third kappa shape index (κ3) is 4.77. The first-order valence-corrected chi connectivity index (χ1v) is 12.5. The Balaban J connectivity index is 1.38. The van der Waals surface area contributed by atoms with Gasteiger partial charge in [0.15, 0.2) is 14.5 Å². The molecule has 0 saturated heterocycles. The number of thioether (sulfide) groups is 2. The molecule has 0 bridgehead atoms. The molecule has 1 heterocycles. The summed E-state index contributed by atoms with van der Waals surface area (Å²) in [6.45, 7) is 6.07. The quantitative estimate of drug-likeness (QED) is 0.227. The van der Waals surface area contributed by atoms with Gasteiger partial charge in [-0.3, -0.25) is 4.79 Å². The zero-order valence-electron chi connectivity index (χ0n) is 17.1. The molecule has 4 rings (SSSR count). The number of rotatable bonds is 7. The van der Waals surface area contributed by atoms with E-state index < -0.39 is 0 Å². The van der Waals surface area contributed by atoms with Crippen molar-refractivity contribution in [1.82, 2.24) is 10.2 Å². The number of carbonyl (C=O) groups is 1. The van der Waals surface area contributed by atoms with Gasteiger partial charge in [-0.15, -0.1) is 10.2 Å². The van der Waals surface area contributed by atoms with Gasteiger partial charge in [-0.25, -0.2) is 0 Å². The number of carbonyl (C=O) groups excluding carboxylic acids is 1. The number of aromatic nitrogens is 2. The Morgan fingerprint density at radius 2 is 1.57 bits per heavy atom. The maximum atomic E-state index is 12.7. The zero-order valence-corrected chi connectivity index (χ0v) is 19.6. The molecule has 1 aromatic heterocycles. The van der Waals surface area contributed by atoms with Gasteiger partial charge in [0.25, 0.3) is 0 Å². The average Bonchev–Trinajstić information content (AvgIpc) is 3.18. The van der Waals surface area contributed by atoms with Crippen LogP contribution in [0.3, 0.4) is 0 Å². The lowest BCUT2D eigenvalue weighted by Gasteiger charge is -2.09. The summed E-state index contributed by atoms with van der Waals surface area (Å²) in [5, 5.41) is 11.1. The van der Waals surface area contributed by atoms with Crippen molar-refractivity contribution in [2.75, 3.05) is 5.75 Å². The van der Waals surface area contributed by atoms with Crippen molar-refractivity contribution >= 4 is 51.4 Å². The number of aryl methyl sites for hydroxylation is 3. The van der Waals surface area contributed by atoms with Crippen molar-refractivity contribution in [1.29, 1.82) is 0 Å². The van der Waals surface area contributed by atoms with Crippen LogP contribution < -0.4 is 0 Å². The molecule has 0 saturated carbocycles. The van der Waals surface area contributed by atoms with Crippen LogP contribution in [0.2, 0.25) is 0 Å². The summed E-state index contributed by atoms with van der Waals surface area (Å²) >= 11 is 4.72. The molecule has 30 heavy (non-hydrogen) atoms. The average molecular weight is 451 g/mol. The summed E-state index contributed by atoms with van der Waals surface area (Å²) < 4.78 is 1.77. The van der Waals surface area contributed by atoms with Crippen molar-refractivity contribution in [3.63, 3.8) is 0 Å². The fourth-order valence-corrected chi connectivity index (χ4v) is 6.59. The largest absolute Gasteiger partial charge is 0.293 e. The van der Waals surface area contributed by atoms with Crippen LogP contribution >= 0.6 is 34.9 Å². The van der Waals surface area contributed by atoms with E-state index in [1.165, 1.54) is 33.7 Å². The van der Waals surface area contributed by atoms with Crippen molar-refractivity contribution < 1.29 is 4.79 Å². The van der Waals surface area contributed by atoms with E-state index in [2.05, 4.69) is 71.7 Å². The van der Waals surface area contributed by atoms with Crippen molar-refractivity contribution in [3.05, 3.63) is 82.4 Å².